The summed E-state index contributed by atoms with van der Waals surface area (Å²) in [5, 5.41) is 9.58. The smallest absolute Gasteiger partial charge is 0.362 e. The lowest BCUT2D eigenvalue weighted by molar-refractivity contribution is -0.173. The Labute approximate surface area is 188 Å². The number of hydrogen-bond acceptors (Lipinski definition) is 3. The third-order valence-electron chi connectivity index (χ3n) is 5.53. The number of fused-ring (bicyclic) bond motifs is 1. The lowest BCUT2D eigenvalue weighted by Gasteiger charge is -2.33. The van der Waals surface area contributed by atoms with E-state index in [0.29, 0.717) is 18.5 Å². The number of alkyl halides is 3. The van der Waals surface area contributed by atoms with E-state index in [9.17, 15) is 18.0 Å². The van der Waals surface area contributed by atoms with Crippen molar-refractivity contribution in [1.29, 1.82) is 0 Å². The first-order valence-corrected chi connectivity index (χ1v) is 10.6. The number of amides is 1. The van der Waals surface area contributed by atoms with Crippen molar-refractivity contribution < 1.29 is 18.0 Å². The fourth-order valence-electron chi connectivity index (χ4n) is 3.80. The molecule has 0 saturated carbocycles. The number of halogens is 4. The second-order valence-electron chi connectivity index (χ2n) is 7.85. The lowest BCUT2D eigenvalue weighted by atomic mass is 9.96. The van der Waals surface area contributed by atoms with Crippen LogP contribution >= 0.6 is 11.6 Å². The number of rotatable bonds is 5. The first kappa shape index (κ1) is 22.2. The van der Waals surface area contributed by atoms with Gasteiger partial charge in [-0.1, -0.05) is 71.8 Å². The topological polar surface area (TPSA) is 59.0 Å². The second-order valence-corrected chi connectivity index (χ2v) is 8.23. The van der Waals surface area contributed by atoms with E-state index in [1.54, 1.807) is 12.1 Å². The molecule has 1 aliphatic rings. The van der Waals surface area contributed by atoms with E-state index < -0.39 is 24.2 Å². The van der Waals surface area contributed by atoms with Crippen molar-refractivity contribution in [2.45, 2.75) is 38.0 Å². The van der Waals surface area contributed by atoms with Crippen LogP contribution in [0.4, 0.5) is 19.0 Å². The van der Waals surface area contributed by atoms with Crippen LogP contribution in [-0.4, -0.2) is 28.4 Å². The number of aromatic nitrogens is 2. The van der Waals surface area contributed by atoms with Crippen LogP contribution in [-0.2, 0) is 6.42 Å². The summed E-state index contributed by atoms with van der Waals surface area (Å²) in [5.41, 5.74) is 2.53. The van der Waals surface area contributed by atoms with Gasteiger partial charge in [0.25, 0.3) is 5.91 Å². The number of carbonyl (C=O) groups is 1. The number of nitrogens with one attached hydrogen (secondary N) is 2. The van der Waals surface area contributed by atoms with Gasteiger partial charge < -0.3 is 10.6 Å². The molecule has 1 amide bonds. The Morgan fingerprint density at radius 3 is 2.53 bits per heavy atom. The van der Waals surface area contributed by atoms with Crippen molar-refractivity contribution in [2.24, 2.45) is 0 Å². The molecule has 0 spiro atoms. The van der Waals surface area contributed by atoms with E-state index in [1.807, 2.05) is 49.4 Å². The van der Waals surface area contributed by atoms with Gasteiger partial charge in [0.15, 0.2) is 11.7 Å². The maximum atomic E-state index is 13.9. The Bertz CT molecular complexity index is 1100. The van der Waals surface area contributed by atoms with Gasteiger partial charge in [0.05, 0.1) is 6.04 Å². The van der Waals surface area contributed by atoms with Gasteiger partial charge in [-0.05, 0) is 24.5 Å². The average molecular weight is 463 g/mol. The van der Waals surface area contributed by atoms with Gasteiger partial charge >= 0.3 is 6.18 Å². The summed E-state index contributed by atoms with van der Waals surface area (Å²) in [6, 6.07) is 14.3. The molecule has 3 aromatic rings. The summed E-state index contributed by atoms with van der Waals surface area (Å²) in [6.07, 6.45) is -4.22. The summed E-state index contributed by atoms with van der Waals surface area (Å²) in [7, 11) is 0. The zero-order chi connectivity index (χ0) is 22.9. The fourth-order valence-corrected chi connectivity index (χ4v) is 4.07. The molecule has 4 rings (SSSR count). The highest BCUT2D eigenvalue weighted by Gasteiger charge is 2.47. The molecule has 0 saturated heterocycles. The minimum atomic E-state index is -4.55. The van der Waals surface area contributed by atoms with Gasteiger partial charge in [-0.15, -0.1) is 0 Å². The minimum absolute atomic E-state index is 0.000902. The van der Waals surface area contributed by atoms with E-state index in [1.165, 1.54) is 0 Å². The molecule has 0 aliphatic carbocycles. The molecule has 0 bridgehead atoms. The van der Waals surface area contributed by atoms with Gasteiger partial charge in [-0.3, -0.25) is 4.79 Å². The molecular weight excluding hydrogens is 441 g/mol. The van der Waals surface area contributed by atoms with Crippen LogP contribution in [0.5, 0.6) is 0 Å². The SMILES string of the molecule is Cc1ccc([C@H]2C[C@@H](C(F)(F)F)n3nc(C(=O)NCCc4ccccc4)c(Cl)c3N2)cc1. The Morgan fingerprint density at radius 1 is 1.19 bits per heavy atom. The molecular formula is C23H22ClF3N4O. The van der Waals surface area contributed by atoms with Crippen LogP contribution < -0.4 is 10.6 Å². The first-order chi connectivity index (χ1) is 15.2. The van der Waals surface area contributed by atoms with Crippen LogP contribution in [0, 0.1) is 6.92 Å². The van der Waals surface area contributed by atoms with Gasteiger partial charge in [0.1, 0.15) is 10.8 Å². The second kappa shape index (κ2) is 8.86. The zero-order valence-electron chi connectivity index (χ0n) is 17.3. The molecule has 1 aromatic heterocycles. The number of nitrogens with zero attached hydrogens (tertiary/aromatic N) is 2. The van der Waals surface area contributed by atoms with Gasteiger partial charge in [-0.25, -0.2) is 4.68 Å². The van der Waals surface area contributed by atoms with Crippen molar-refractivity contribution in [1.82, 2.24) is 15.1 Å². The highest BCUT2D eigenvalue weighted by Crippen LogP contribution is 2.46. The normalized spacial score (nSPS) is 18.0. The van der Waals surface area contributed by atoms with E-state index >= 15 is 0 Å². The van der Waals surface area contributed by atoms with E-state index in [2.05, 4.69) is 15.7 Å². The maximum Gasteiger partial charge on any atom is 0.410 e. The Morgan fingerprint density at radius 2 is 1.88 bits per heavy atom. The summed E-state index contributed by atoms with van der Waals surface area (Å²) in [4.78, 5) is 12.6. The van der Waals surface area contributed by atoms with Crippen LogP contribution in [0.15, 0.2) is 54.6 Å². The van der Waals surface area contributed by atoms with Crippen LogP contribution in [0.3, 0.4) is 0 Å². The molecule has 2 atom stereocenters. The first-order valence-electron chi connectivity index (χ1n) is 10.2. The highest BCUT2D eigenvalue weighted by atomic mass is 35.5. The summed E-state index contributed by atoms with van der Waals surface area (Å²) >= 11 is 6.35. The highest BCUT2D eigenvalue weighted by molar-refractivity contribution is 6.36. The molecule has 2 heterocycles. The molecule has 1 aliphatic heterocycles. The average Bonchev–Trinajstić information content (AvgIpc) is 3.10. The van der Waals surface area contributed by atoms with Crippen molar-refractivity contribution in [3.05, 3.63) is 82.0 Å². The summed E-state index contributed by atoms with van der Waals surface area (Å²) in [5.74, 6) is -0.610. The van der Waals surface area contributed by atoms with E-state index in [-0.39, 0.29) is 23.0 Å². The molecule has 32 heavy (non-hydrogen) atoms. The third kappa shape index (κ3) is 4.60. The fraction of sp³-hybridized carbons (Fsp3) is 0.304. The monoisotopic (exact) mass is 462 g/mol. The Kier molecular flexibility index (Phi) is 6.15. The number of hydrogen-bond donors (Lipinski definition) is 2. The van der Waals surface area contributed by atoms with Gasteiger partial charge in [-0.2, -0.15) is 18.3 Å². The molecule has 168 valence electrons. The predicted molar refractivity (Wildman–Crippen MR) is 117 cm³/mol. The quantitative estimate of drug-likeness (QED) is 0.528. The van der Waals surface area contributed by atoms with Crippen LogP contribution in [0.25, 0.3) is 0 Å². The van der Waals surface area contributed by atoms with Crippen LogP contribution in [0.1, 0.15) is 45.7 Å². The van der Waals surface area contributed by atoms with Gasteiger partial charge in [0, 0.05) is 13.0 Å². The minimum Gasteiger partial charge on any atom is -0.362 e. The van der Waals surface area contributed by atoms with E-state index in [4.69, 9.17) is 11.6 Å². The number of carbonyl (C=O) groups excluding carboxylic acids is 1. The van der Waals surface area contributed by atoms with Crippen molar-refractivity contribution >= 4 is 23.3 Å². The molecule has 9 heteroatoms. The van der Waals surface area contributed by atoms with Crippen molar-refractivity contribution in [3.63, 3.8) is 0 Å². The van der Waals surface area contributed by atoms with Crippen molar-refractivity contribution in [3.8, 4) is 0 Å². The summed E-state index contributed by atoms with van der Waals surface area (Å²) in [6.45, 7) is 2.22. The molecule has 0 radical (unpaired) electrons. The Balaban J connectivity index is 1.57. The number of aryl methyl sites for hydroxylation is 1. The standard InChI is InChI=1S/C23H22ClF3N4O/c1-14-7-9-16(10-8-14)17-13-18(23(25,26)27)31-21(29-17)19(24)20(30-31)22(32)28-12-11-15-5-3-2-4-6-15/h2-10,17-18,29H,11-13H2,1H3,(H,28,32)/t17-,18+/m1/s1. The van der Waals surface area contributed by atoms with Gasteiger partial charge in [0.2, 0.25) is 0 Å². The largest absolute Gasteiger partial charge is 0.410 e. The number of benzene rings is 2. The van der Waals surface area contributed by atoms with Crippen LogP contribution in [0.2, 0.25) is 5.02 Å². The zero-order valence-corrected chi connectivity index (χ0v) is 18.0. The maximum absolute atomic E-state index is 13.9. The molecule has 0 unspecified atom stereocenters. The third-order valence-corrected chi connectivity index (χ3v) is 5.89. The predicted octanol–water partition coefficient (Wildman–Crippen LogP) is 5.48. The number of anilines is 1. The van der Waals surface area contributed by atoms with Crippen molar-refractivity contribution in [2.75, 3.05) is 11.9 Å². The van der Waals surface area contributed by atoms with E-state index in [0.717, 1.165) is 15.8 Å². The lowest BCUT2D eigenvalue weighted by Crippen LogP contribution is -2.36. The molecule has 2 aromatic carbocycles. The molecule has 2 N–H and O–H groups in total. The Hall–Kier alpha value is -3.00. The molecule has 5 nitrogen and oxygen atoms in total. The summed E-state index contributed by atoms with van der Waals surface area (Å²) < 4.78 is 42.4. The molecule has 0 fully saturated rings.